The molecule has 0 saturated carbocycles. The zero-order chi connectivity index (χ0) is 17.1. The number of halogens is 4. The number of aliphatic hydroxyl groups is 1. The lowest BCUT2D eigenvalue weighted by molar-refractivity contribution is -0.140. The van der Waals surface area contributed by atoms with Gasteiger partial charge in [0.2, 0.25) is 10.0 Å². The maximum atomic E-state index is 13.0. The first kappa shape index (κ1) is 18.9. The third-order valence-corrected chi connectivity index (χ3v) is 4.80. The summed E-state index contributed by atoms with van der Waals surface area (Å²) in [7, 11) is -4.52. The van der Waals surface area contributed by atoms with Crippen LogP contribution in [0, 0.1) is 11.7 Å². The van der Waals surface area contributed by atoms with Crippen LogP contribution in [0.25, 0.3) is 0 Å². The van der Waals surface area contributed by atoms with Crippen molar-refractivity contribution in [3.05, 3.63) is 29.6 Å². The highest BCUT2D eigenvalue weighted by Crippen LogP contribution is 2.34. The van der Waals surface area contributed by atoms with Gasteiger partial charge in [-0.25, -0.2) is 17.5 Å². The van der Waals surface area contributed by atoms with Gasteiger partial charge in [-0.05, 0) is 24.1 Å². The largest absolute Gasteiger partial charge is 0.417 e. The molecule has 4 nitrogen and oxygen atoms in total. The van der Waals surface area contributed by atoms with Gasteiger partial charge in [0.1, 0.15) is 5.82 Å². The average molecular weight is 343 g/mol. The summed E-state index contributed by atoms with van der Waals surface area (Å²) in [5, 5.41) is 9.69. The van der Waals surface area contributed by atoms with Crippen molar-refractivity contribution in [2.45, 2.75) is 37.4 Å². The van der Waals surface area contributed by atoms with Crippen molar-refractivity contribution in [2.24, 2.45) is 5.92 Å². The standard InChI is InChI=1S/C13H17F4NO3S/c1-3-8(2)11(19)7-18-22(20,21)12-5-4-9(14)6-10(12)13(15,16)17/h4-6,8,11,18-19H,3,7H2,1-2H3. The number of rotatable bonds is 6. The van der Waals surface area contributed by atoms with Crippen LogP contribution in [0.2, 0.25) is 0 Å². The summed E-state index contributed by atoms with van der Waals surface area (Å²) < 4.78 is 77.4. The lowest BCUT2D eigenvalue weighted by Gasteiger charge is -2.19. The fourth-order valence-electron chi connectivity index (χ4n) is 1.70. The van der Waals surface area contributed by atoms with E-state index >= 15 is 0 Å². The molecule has 0 saturated heterocycles. The second-order valence-electron chi connectivity index (χ2n) is 4.94. The molecule has 0 aliphatic carbocycles. The quantitative estimate of drug-likeness (QED) is 0.780. The van der Waals surface area contributed by atoms with Gasteiger partial charge in [0.05, 0.1) is 16.6 Å². The molecule has 0 aliphatic heterocycles. The van der Waals surface area contributed by atoms with Gasteiger partial charge in [-0.2, -0.15) is 13.2 Å². The molecule has 2 unspecified atom stereocenters. The van der Waals surface area contributed by atoms with E-state index < -0.39 is 45.1 Å². The zero-order valence-electron chi connectivity index (χ0n) is 12.0. The van der Waals surface area contributed by atoms with Gasteiger partial charge >= 0.3 is 6.18 Å². The fourth-order valence-corrected chi connectivity index (χ4v) is 2.96. The van der Waals surface area contributed by atoms with Crippen molar-refractivity contribution in [2.75, 3.05) is 6.54 Å². The maximum Gasteiger partial charge on any atom is 0.417 e. The molecule has 1 aromatic rings. The predicted octanol–water partition coefficient (Wildman–Crippen LogP) is 2.53. The molecular formula is C13H17F4NO3S. The van der Waals surface area contributed by atoms with Gasteiger partial charge in [-0.1, -0.05) is 20.3 Å². The van der Waals surface area contributed by atoms with E-state index in [-0.39, 0.29) is 12.0 Å². The number of sulfonamides is 1. The van der Waals surface area contributed by atoms with Gasteiger partial charge in [0.15, 0.2) is 0 Å². The van der Waals surface area contributed by atoms with Crippen molar-refractivity contribution < 1.29 is 31.1 Å². The van der Waals surface area contributed by atoms with E-state index in [0.29, 0.717) is 18.6 Å². The Bertz CT molecular complexity index is 616. The summed E-state index contributed by atoms with van der Waals surface area (Å²) in [5.74, 6) is -1.41. The van der Waals surface area contributed by atoms with E-state index in [1.807, 2.05) is 4.72 Å². The molecule has 2 N–H and O–H groups in total. The monoisotopic (exact) mass is 343 g/mol. The van der Waals surface area contributed by atoms with Crippen LogP contribution in [0.15, 0.2) is 23.1 Å². The lowest BCUT2D eigenvalue weighted by atomic mass is 10.0. The molecule has 1 aromatic carbocycles. The summed E-state index contributed by atoms with van der Waals surface area (Å²) >= 11 is 0. The van der Waals surface area contributed by atoms with Crippen LogP contribution in [0.4, 0.5) is 17.6 Å². The number of benzene rings is 1. The second kappa shape index (κ2) is 6.93. The molecule has 0 aliphatic rings. The Morgan fingerprint density at radius 1 is 1.32 bits per heavy atom. The number of hydrogen-bond acceptors (Lipinski definition) is 3. The molecule has 2 atom stereocenters. The Hall–Kier alpha value is -1.19. The molecule has 0 heterocycles. The molecule has 0 aromatic heterocycles. The Balaban J connectivity index is 3.09. The van der Waals surface area contributed by atoms with Crippen molar-refractivity contribution in [3.8, 4) is 0 Å². The smallest absolute Gasteiger partial charge is 0.391 e. The average Bonchev–Trinajstić information content (AvgIpc) is 2.42. The number of hydrogen-bond donors (Lipinski definition) is 2. The zero-order valence-corrected chi connectivity index (χ0v) is 12.8. The number of alkyl halides is 3. The maximum absolute atomic E-state index is 13.0. The highest BCUT2D eigenvalue weighted by atomic mass is 32.2. The first-order chi connectivity index (χ1) is 9.99. The van der Waals surface area contributed by atoms with Gasteiger partial charge in [-0.15, -0.1) is 0 Å². The molecule has 0 bridgehead atoms. The molecule has 0 fully saturated rings. The van der Waals surface area contributed by atoms with E-state index in [9.17, 15) is 31.1 Å². The Labute approximate surface area is 126 Å². The summed E-state index contributed by atoms with van der Waals surface area (Å²) in [6.45, 7) is 3.04. The minimum absolute atomic E-state index is 0.125. The number of nitrogens with one attached hydrogen (secondary N) is 1. The molecule has 22 heavy (non-hydrogen) atoms. The second-order valence-corrected chi connectivity index (χ2v) is 6.68. The van der Waals surface area contributed by atoms with Crippen molar-refractivity contribution in [3.63, 3.8) is 0 Å². The third-order valence-electron chi connectivity index (χ3n) is 3.32. The van der Waals surface area contributed by atoms with Crippen LogP contribution in [0.3, 0.4) is 0 Å². The summed E-state index contributed by atoms with van der Waals surface area (Å²) in [4.78, 5) is -1.07. The molecule has 1 rings (SSSR count). The predicted molar refractivity (Wildman–Crippen MR) is 72.1 cm³/mol. The van der Waals surface area contributed by atoms with Crippen LogP contribution < -0.4 is 4.72 Å². The van der Waals surface area contributed by atoms with Crippen LogP contribution in [-0.2, 0) is 16.2 Å². The van der Waals surface area contributed by atoms with Gasteiger partial charge in [-0.3, -0.25) is 0 Å². The number of aliphatic hydroxyl groups excluding tert-OH is 1. The Morgan fingerprint density at radius 3 is 2.41 bits per heavy atom. The minimum Gasteiger partial charge on any atom is -0.391 e. The highest BCUT2D eigenvalue weighted by molar-refractivity contribution is 7.89. The van der Waals surface area contributed by atoms with E-state index in [0.717, 1.165) is 0 Å². The molecule has 0 spiro atoms. The highest BCUT2D eigenvalue weighted by Gasteiger charge is 2.37. The van der Waals surface area contributed by atoms with Crippen LogP contribution in [0.5, 0.6) is 0 Å². The van der Waals surface area contributed by atoms with Gasteiger partial charge in [0, 0.05) is 6.54 Å². The van der Waals surface area contributed by atoms with Crippen LogP contribution in [-0.4, -0.2) is 26.2 Å². The van der Waals surface area contributed by atoms with Crippen LogP contribution >= 0.6 is 0 Å². The normalized spacial score (nSPS) is 15.6. The molecule has 0 amide bonds. The van der Waals surface area contributed by atoms with Crippen molar-refractivity contribution in [1.82, 2.24) is 4.72 Å². The Morgan fingerprint density at radius 2 is 1.91 bits per heavy atom. The van der Waals surface area contributed by atoms with E-state index in [1.54, 1.807) is 13.8 Å². The van der Waals surface area contributed by atoms with Crippen molar-refractivity contribution in [1.29, 1.82) is 0 Å². The Kier molecular flexibility index (Phi) is 5.94. The topological polar surface area (TPSA) is 66.4 Å². The molecule has 126 valence electrons. The van der Waals surface area contributed by atoms with Crippen molar-refractivity contribution >= 4 is 10.0 Å². The lowest BCUT2D eigenvalue weighted by Crippen LogP contribution is -2.36. The van der Waals surface area contributed by atoms with E-state index in [1.165, 1.54) is 0 Å². The molecule has 0 radical (unpaired) electrons. The van der Waals surface area contributed by atoms with Gasteiger partial charge in [0.25, 0.3) is 0 Å². The first-order valence-electron chi connectivity index (χ1n) is 6.53. The fraction of sp³-hybridized carbons (Fsp3) is 0.538. The SMILES string of the molecule is CCC(C)C(O)CNS(=O)(=O)c1ccc(F)cc1C(F)(F)F. The van der Waals surface area contributed by atoms with Crippen LogP contribution in [0.1, 0.15) is 25.8 Å². The van der Waals surface area contributed by atoms with Gasteiger partial charge < -0.3 is 5.11 Å². The van der Waals surface area contributed by atoms with E-state index in [4.69, 9.17) is 0 Å². The first-order valence-corrected chi connectivity index (χ1v) is 8.01. The summed E-state index contributed by atoms with van der Waals surface area (Å²) in [6, 6.07) is 1.31. The molecular weight excluding hydrogens is 326 g/mol. The summed E-state index contributed by atoms with van der Waals surface area (Å²) in [5.41, 5.74) is -1.59. The van der Waals surface area contributed by atoms with E-state index in [2.05, 4.69) is 0 Å². The molecule has 9 heteroatoms. The summed E-state index contributed by atoms with van der Waals surface area (Å²) in [6.07, 6.45) is -5.47. The minimum atomic E-state index is -5.01. The third kappa shape index (κ3) is 4.65.